The Bertz CT molecular complexity index is 784. The van der Waals surface area contributed by atoms with E-state index in [0.717, 1.165) is 11.8 Å². The molecule has 9 nitrogen and oxygen atoms in total. The summed E-state index contributed by atoms with van der Waals surface area (Å²) in [6.45, 7) is 1.77. The number of amides is 1. The second-order valence-corrected chi connectivity index (χ2v) is 5.94. The summed E-state index contributed by atoms with van der Waals surface area (Å²) < 4.78 is 5.04. The number of benzene rings is 1. The van der Waals surface area contributed by atoms with Crippen LogP contribution < -0.4 is 5.32 Å². The minimum absolute atomic E-state index is 0.0553. The van der Waals surface area contributed by atoms with Crippen LogP contribution >= 0.6 is 0 Å². The molecule has 1 amide bonds. The zero-order valence-electron chi connectivity index (χ0n) is 14.7. The van der Waals surface area contributed by atoms with Crippen LogP contribution in [0.1, 0.15) is 29.3 Å². The number of ether oxygens (including phenoxy) is 1. The van der Waals surface area contributed by atoms with E-state index in [1.165, 1.54) is 6.07 Å². The van der Waals surface area contributed by atoms with Crippen molar-refractivity contribution < 1.29 is 24.7 Å². The fraction of sp³-hybridized carbons (Fsp3) is 0.333. The number of aromatic nitrogens is 1. The number of rotatable bonds is 8. The lowest BCUT2D eigenvalue weighted by atomic mass is 10.0. The van der Waals surface area contributed by atoms with Gasteiger partial charge in [0.1, 0.15) is 18.9 Å². The fourth-order valence-corrected chi connectivity index (χ4v) is 2.42. The van der Waals surface area contributed by atoms with Gasteiger partial charge in [-0.2, -0.15) is 0 Å². The first-order valence-electron chi connectivity index (χ1n) is 8.30. The number of alkyl carbamates (subject to hydrolysis) is 1. The Morgan fingerprint density at radius 1 is 1.33 bits per heavy atom. The highest BCUT2D eigenvalue weighted by Crippen LogP contribution is 2.23. The van der Waals surface area contributed by atoms with Crippen molar-refractivity contribution >= 4 is 11.8 Å². The summed E-state index contributed by atoms with van der Waals surface area (Å²) in [6, 6.07) is 10.5. The number of hydrogen-bond donors (Lipinski definition) is 3. The molecule has 144 valence electrons. The van der Waals surface area contributed by atoms with E-state index < -0.39 is 23.2 Å². The Hall–Kier alpha value is -3.04. The average Bonchev–Trinajstić information content (AvgIpc) is 2.66. The van der Waals surface area contributed by atoms with Gasteiger partial charge in [-0.1, -0.05) is 30.3 Å². The van der Waals surface area contributed by atoms with Gasteiger partial charge in [-0.25, -0.2) is 4.79 Å². The summed E-state index contributed by atoms with van der Waals surface area (Å²) in [4.78, 5) is 25.6. The molecule has 1 heterocycles. The van der Waals surface area contributed by atoms with Gasteiger partial charge in [0, 0.05) is 12.6 Å². The fourth-order valence-electron chi connectivity index (χ4n) is 2.42. The summed E-state index contributed by atoms with van der Waals surface area (Å²) in [5.74, 6) is 0. The van der Waals surface area contributed by atoms with Gasteiger partial charge < -0.3 is 20.3 Å². The lowest BCUT2D eigenvalue weighted by Gasteiger charge is -2.19. The van der Waals surface area contributed by atoms with E-state index in [2.05, 4.69) is 10.3 Å². The SMILES string of the molecule is Cc1cc([N+](=O)[O-])cnc1C(O)C(O)CCNC(=O)OCc1ccccc1. The van der Waals surface area contributed by atoms with Crippen LogP contribution in [0.4, 0.5) is 10.5 Å². The number of nitrogens with one attached hydrogen (secondary N) is 1. The van der Waals surface area contributed by atoms with Crippen LogP contribution in [-0.2, 0) is 11.3 Å². The Labute approximate surface area is 155 Å². The van der Waals surface area contributed by atoms with Crippen LogP contribution in [0.15, 0.2) is 42.6 Å². The zero-order chi connectivity index (χ0) is 19.8. The molecule has 0 radical (unpaired) electrons. The predicted octanol–water partition coefficient (Wildman–Crippen LogP) is 2.01. The topological polar surface area (TPSA) is 135 Å². The van der Waals surface area contributed by atoms with Gasteiger partial charge in [0.2, 0.25) is 0 Å². The Morgan fingerprint density at radius 3 is 2.67 bits per heavy atom. The quantitative estimate of drug-likeness (QED) is 0.474. The minimum Gasteiger partial charge on any atom is -0.445 e. The van der Waals surface area contributed by atoms with Gasteiger partial charge in [0.25, 0.3) is 5.69 Å². The highest BCUT2D eigenvalue weighted by atomic mass is 16.6. The van der Waals surface area contributed by atoms with Crippen molar-refractivity contribution in [2.45, 2.75) is 32.2 Å². The van der Waals surface area contributed by atoms with Crippen LogP contribution in [0, 0.1) is 17.0 Å². The summed E-state index contributed by atoms with van der Waals surface area (Å²) in [6.07, 6.45) is -2.08. The number of carbonyl (C=O) groups is 1. The maximum atomic E-state index is 11.6. The highest BCUT2D eigenvalue weighted by molar-refractivity contribution is 5.67. The lowest BCUT2D eigenvalue weighted by Crippen LogP contribution is -2.30. The smallest absolute Gasteiger partial charge is 0.407 e. The lowest BCUT2D eigenvalue weighted by molar-refractivity contribution is -0.385. The molecule has 3 N–H and O–H groups in total. The Kier molecular flexibility index (Phi) is 7.21. The molecule has 0 bridgehead atoms. The first kappa shape index (κ1) is 20.3. The molecule has 0 fully saturated rings. The van der Waals surface area contributed by atoms with E-state index in [1.54, 1.807) is 6.92 Å². The van der Waals surface area contributed by atoms with Gasteiger partial charge >= 0.3 is 6.09 Å². The molecule has 0 aliphatic carbocycles. The van der Waals surface area contributed by atoms with E-state index in [4.69, 9.17) is 4.74 Å². The molecule has 0 saturated carbocycles. The number of aliphatic hydroxyl groups excluding tert-OH is 2. The van der Waals surface area contributed by atoms with E-state index in [9.17, 15) is 25.1 Å². The van der Waals surface area contributed by atoms with Gasteiger partial charge in [-0.05, 0) is 24.5 Å². The molecule has 2 rings (SSSR count). The Morgan fingerprint density at radius 2 is 2.04 bits per heavy atom. The second kappa shape index (κ2) is 9.60. The number of aliphatic hydroxyl groups is 2. The molecule has 0 spiro atoms. The first-order chi connectivity index (χ1) is 12.9. The molecular formula is C18H21N3O6. The molecule has 0 saturated heterocycles. The van der Waals surface area contributed by atoms with Crippen molar-refractivity contribution in [3.63, 3.8) is 0 Å². The third kappa shape index (κ3) is 6.01. The Balaban J connectivity index is 1.78. The molecule has 2 aromatic rings. The summed E-state index contributed by atoms with van der Waals surface area (Å²) >= 11 is 0. The number of nitro groups is 1. The maximum absolute atomic E-state index is 11.6. The number of carbonyl (C=O) groups excluding carboxylic acids is 1. The van der Waals surface area contributed by atoms with Gasteiger partial charge in [-0.3, -0.25) is 15.1 Å². The molecule has 0 aliphatic rings. The standard InChI is InChI=1S/C18H21N3O6/c1-12-9-14(21(25)26)10-20-16(12)17(23)15(22)7-8-19-18(24)27-11-13-5-3-2-4-6-13/h2-6,9-10,15,17,22-23H,7-8,11H2,1H3,(H,19,24). The predicted molar refractivity (Wildman–Crippen MR) is 95.8 cm³/mol. The first-order valence-corrected chi connectivity index (χ1v) is 8.30. The van der Waals surface area contributed by atoms with Crippen LogP contribution in [-0.4, -0.2) is 38.9 Å². The third-order valence-corrected chi connectivity index (χ3v) is 3.88. The highest BCUT2D eigenvalue weighted by Gasteiger charge is 2.23. The van der Waals surface area contributed by atoms with Crippen molar-refractivity contribution in [1.29, 1.82) is 0 Å². The normalized spacial score (nSPS) is 12.9. The monoisotopic (exact) mass is 375 g/mol. The number of aryl methyl sites for hydroxylation is 1. The molecule has 1 aromatic heterocycles. The summed E-state index contributed by atoms with van der Waals surface area (Å²) in [5.41, 5.74) is 1.20. The van der Waals surface area contributed by atoms with Gasteiger partial charge in [0.15, 0.2) is 0 Å². The summed E-state index contributed by atoms with van der Waals surface area (Å²) in [7, 11) is 0. The summed E-state index contributed by atoms with van der Waals surface area (Å²) in [5, 5.41) is 33.5. The molecular weight excluding hydrogens is 354 g/mol. The van der Waals surface area contributed by atoms with Crippen molar-refractivity contribution in [1.82, 2.24) is 10.3 Å². The van der Waals surface area contributed by atoms with Crippen molar-refractivity contribution in [3.05, 3.63) is 69.5 Å². The van der Waals surface area contributed by atoms with Crippen LogP contribution in [0.2, 0.25) is 0 Å². The van der Waals surface area contributed by atoms with E-state index in [1.807, 2.05) is 30.3 Å². The molecule has 27 heavy (non-hydrogen) atoms. The molecule has 2 atom stereocenters. The average molecular weight is 375 g/mol. The van der Waals surface area contributed by atoms with E-state index >= 15 is 0 Å². The molecule has 1 aromatic carbocycles. The molecule has 2 unspecified atom stereocenters. The van der Waals surface area contributed by atoms with Crippen LogP contribution in [0.5, 0.6) is 0 Å². The number of hydrogen-bond acceptors (Lipinski definition) is 7. The maximum Gasteiger partial charge on any atom is 0.407 e. The van der Waals surface area contributed by atoms with Crippen molar-refractivity contribution in [2.24, 2.45) is 0 Å². The van der Waals surface area contributed by atoms with Gasteiger partial charge in [0.05, 0.1) is 16.7 Å². The molecule has 0 aliphatic heterocycles. The van der Waals surface area contributed by atoms with Crippen LogP contribution in [0.25, 0.3) is 0 Å². The van der Waals surface area contributed by atoms with E-state index in [-0.39, 0.29) is 31.0 Å². The van der Waals surface area contributed by atoms with E-state index in [0.29, 0.717) is 5.56 Å². The van der Waals surface area contributed by atoms with Crippen molar-refractivity contribution in [3.8, 4) is 0 Å². The minimum atomic E-state index is -1.33. The number of pyridine rings is 1. The van der Waals surface area contributed by atoms with Crippen molar-refractivity contribution in [2.75, 3.05) is 6.54 Å². The molecule has 9 heteroatoms. The zero-order valence-corrected chi connectivity index (χ0v) is 14.7. The second-order valence-electron chi connectivity index (χ2n) is 5.94. The third-order valence-electron chi connectivity index (χ3n) is 3.88. The van der Waals surface area contributed by atoms with Gasteiger partial charge in [-0.15, -0.1) is 0 Å². The van der Waals surface area contributed by atoms with Crippen LogP contribution in [0.3, 0.4) is 0 Å². The number of nitrogens with zero attached hydrogens (tertiary/aromatic N) is 2. The largest absolute Gasteiger partial charge is 0.445 e.